The van der Waals surface area contributed by atoms with Gasteiger partial charge < -0.3 is 14.2 Å². The first-order valence-electron chi connectivity index (χ1n) is 7.97. The number of rotatable bonds is 6. The minimum atomic E-state index is -0.118. The van der Waals surface area contributed by atoms with Crippen molar-refractivity contribution in [1.82, 2.24) is 0 Å². The van der Waals surface area contributed by atoms with E-state index in [1.807, 2.05) is 31.2 Å². The summed E-state index contributed by atoms with van der Waals surface area (Å²) in [4.78, 5) is 2.94. The number of methoxy groups -OCH3 is 1. The summed E-state index contributed by atoms with van der Waals surface area (Å²) in [6, 6.07) is 7.72. The highest BCUT2D eigenvalue weighted by Crippen LogP contribution is 2.33. The summed E-state index contributed by atoms with van der Waals surface area (Å²) in [6.45, 7) is 7.26. The normalized spacial score (nSPS) is 30.5. The van der Waals surface area contributed by atoms with Gasteiger partial charge in [-0.2, -0.15) is 0 Å². The smallest absolute Gasteiger partial charge is 0.118 e. The summed E-state index contributed by atoms with van der Waals surface area (Å²) >= 11 is 0. The van der Waals surface area contributed by atoms with Crippen LogP contribution in [0.15, 0.2) is 29.4 Å². The maximum atomic E-state index is 8.68. The first-order chi connectivity index (χ1) is 11.1. The van der Waals surface area contributed by atoms with Gasteiger partial charge in [0.05, 0.1) is 38.6 Å². The lowest BCUT2D eigenvalue weighted by molar-refractivity contribution is -0.134. The topological polar surface area (TPSA) is 76.5 Å². The molecule has 23 heavy (non-hydrogen) atoms. The van der Waals surface area contributed by atoms with E-state index in [1.54, 1.807) is 7.11 Å². The average Bonchev–Trinajstić information content (AvgIpc) is 2.56. The molecule has 5 atom stereocenters. The third-order valence-corrected chi connectivity index (χ3v) is 4.72. The second kappa shape index (κ2) is 8.20. The van der Waals surface area contributed by atoms with Gasteiger partial charge in [-0.15, -0.1) is 0 Å². The number of nitrogens with zero attached hydrogens (tertiary/aromatic N) is 3. The Labute approximate surface area is 137 Å². The monoisotopic (exact) mass is 319 g/mol. The molecule has 2 rings (SSSR count). The molecule has 0 N–H and O–H groups in total. The summed E-state index contributed by atoms with van der Waals surface area (Å²) in [7, 11) is 1.65. The molecule has 1 fully saturated rings. The van der Waals surface area contributed by atoms with E-state index in [0.29, 0.717) is 13.2 Å². The van der Waals surface area contributed by atoms with Crippen LogP contribution in [0.1, 0.15) is 26.3 Å². The molecule has 1 aliphatic heterocycles. The molecule has 1 aromatic carbocycles. The Bertz CT molecular complexity index is 543. The van der Waals surface area contributed by atoms with E-state index in [9.17, 15) is 0 Å². The lowest BCUT2D eigenvalue weighted by Gasteiger charge is -2.41. The zero-order chi connectivity index (χ0) is 16.8. The fraction of sp³-hybridized carbons (Fsp3) is 0.647. The summed E-state index contributed by atoms with van der Waals surface area (Å²) in [5.74, 6) is 1.38. The van der Waals surface area contributed by atoms with Crippen molar-refractivity contribution in [2.45, 2.75) is 45.6 Å². The van der Waals surface area contributed by atoms with Crippen LogP contribution in [0, 0.1) is 11.8 Å². The van der Waals surface area contributed by atoms with Gasteiger partial charge in [-0.25, -0.2) is 0 Å². The molecule has 0 amide bonds. The molecule has 0 bridgehead atoms. The molecule has 1 heterocycles. The van der Waals surface area contributed by atoms with E-state index in [-0.39, 0.29) is 30.1 Å². The fourth-order valence-electron chi connectivity index (χ4n) is 3.02. The molecule has 1 aliphatic rings. The third kappa shape index (κ3) is 4.38. The van der Waals surface area contributed by atoms with Crippen molar-refractivity contribution in [1.29, 1.82) is 0 Å². The maximum absolute atomic E-state index is 8.68. The highest BCUT2D eigenvalue weighted by Gasteiger charge is 2.38. The van der Waals surface area contributed by atoms with Crippen LogP contribution in [0.25, 0.3) is 10.4 Å². The number of hydrogen-bond acceptors (Lipinski definition) is 4. The van der Waals surface area contributed by atoms with Crippen LogP contribution < -0.4 is 4.74 Å². The van der Waals surface area contributed by atoms with E-state index < -0.39 is 0 Å². The van der Waals surface area contributed by atoms with Gasteiger partial charge in [-0.05, 0) is 42.0 Å². The van der Waals surface area contributed by atoms with Crippen LogP contribution in [0.2, 0.25) is 0 Å². The molecule has 126 valence electrons. The Morgan fingerprint density at radius 1 is 1.17 bits per heavy atom. The van der Waals surface area contributed by atoms with Gasteiger partial charge >= 0.3 is 0 Å². The second-order valence-electron chi connectivity index (χ2n) is 6.16. The van der Waals surface area contributed by atoms with E-state index in [4.69, 9.17) is 19.7 Å². The highest BCUT2D eigenvalue weighted by molar-refractivity contribution is 5.26. The molecular weight excluding hydrogens is 294 g/mol. The van der Waals surface area contributed by atoms with Crippen molar-refractivity contribution in [3.05, 3.63) is 40.3 Å². The Kier molecular flexibility index (Phi) is 6.28. The van der Waals surface area contributed by atoms with Gasteiger partial charge in [0.2, 0.25) is 0 Å². The molecule has 0 aliphatic carbocycles. The molecule has 0 spiro atoms. The van der Waals surface area contributed by atoms with E-state index in [2.05, 4.69) is 23.9 Å². The third-order valence-electron chi connectivity index (χ3n) is 4.72. The van der Waals surface area contributed by atoms with Crippen molar-refractivity contribution < 1.29 is 14.2 Å². The van der Waals surface area contributed by atoms with E-state index in [1.165, 1.54) is 0 Å². The average molecular weight is 319 g/mol. The van der Waals surface area contributed by atoms with Crippen LogP contribution in [0.3, 0.4) is 0 Å². The summed E-state index contributed by atoms with van der Waals surface area (Å²) in [5.41, 5.74) is 9.78. The zero-order valence-corrected chi connectivity index (χ0v) is 14.2. The lowest BCUT2D eigenvalue weighted by atomic mass is 9.80. The van der Waals surface area contributed by atoms with Crippen LogP contribution in [-0.2, 0) is 16.1 Å². The van der Waals surface area contributed by atoms with Crippen LogP contribution in [0.5, 0.6) is 5.75 Å². The van der Waals surface area contributed by atoms with E-state index >= 15 is 0 Å². The molecule has 6 heteroatoms. The summed E-state index contributed by atoms with van der Waals surface area (Å²) in [5, 5.41) is 3.88. The summed E-state index contributed by atoms with van der Waals surface area (Å²) in [6.07, 6.45) is -0.0740. The Morgan fingerprint density at radius 3 is 2.48 bits per heavy atom. The van der Waals surface area contributed by atoms with Crippen LogP contribution in [-0.4, -0.2) is 32.0 Å². The van der Waals surface area contributed by atoms with Crippen molar-refractivity contribution in [2.24, 2.45) is 17.0 Å². The quantitative estimate of drug-likeness (QED) is 0.452. The Morgan fingerprint density at radius 2 is 1.87 bits per heavy atom. The lowest BCUT2D eigenvalue weighted by Crippen LogP contribution is -2.48. The molecule has 1 saturated heterocycles. The minimum Gasteiger partial charge on any atom is -0.497 e. The van der Waals surface area contributed by atoms with Crippen LogP contribution in [0.4, 0.5) is 0 Å². The van der Waals surface area contributed by atoms with Gasteiger partial charge in [0.25, 0.3) is 0 Å². The highest BCUT2D eigenvalue weighted by atomic mass is 16.5. The summed E-state index contributed by atoms with van der Waals surface area (Å²) < 4.78 is 17.0. The first-order valence-corrected chi connectivity index (χ1v) is 7.97. The van der Waals surface area contributed by atoms with Crippen molar-refractivity contribution in [2.75, 3.05) is 13.7 Å². The first kappa shape index (κ1) is 17.6. The van der Waals surface area contributed by atoms with Gasteiger partial charge in [0.1, 0.15) is 5.75 Å². The number of ether oxygens (including phenoxy) is 3. The number of benzene rings is 1. The van der Waals surface area contributed by atoms with E-state index in [0.717, 1.165) is 11.3 Å². The van der Waals surface area contributed by atoms with Gasteiger partial charge in [0.15, 0.2) is 0 Å². The van der Waals surface area contributed by atoms with Crippen molar-refractivity contribution >= 4 is 0 Å². The Hall–Kier alpha value is -1.75. The molecule has 3 unspecified atom stereocenters. The minimum absolute atomic E-state index is 0.0170. The van der Waals surface area contributed by atoms with Crippen molar-refractivity contribution in [3.8, 4) is 5.75 Å². The predicted molar refractivity (Wildman–Crippen MR) is 88.2 cm³/mol. The van der Waals surface area contributed by atoms with Crippen molar-refractivity contribution in [3.63, 3.8) is 0 Å². The number of azide groups is 1. The standard InChI is InChI=1S/C17H25N3O3/c1-11-12(2)17(19-20-18)13(3)23-16(11)10-22-9-14-5-7-15(21-4)8-6-14/h5-8,11-13,16-17H,9-10H2,1-4H3/t11-,12+,13?,16?,17?/m1/s1. The number of hydrogen-bond donors (Lipinski definition) is 0. The largest absolute Gasteiger partial charge is 0.497 e. The maximum Gasteiger partial charge on any atom is 0.118 e. The molecule has 0 saturated carbocycles. The molecule has 0 radical (unpaired) electrons. The second-order valence-corrected chi connectivity index (χ2v) is 6.16. The predicted octanol–water partition coefficient (Wildman–Crippen LogP) is 3.95. The van der Waals surface area contributed by atoms with Crippen LogP contribution >= 0.6 is 0 Å². The zero-order valence-electron chi connectivity index (χ0n) is 14.2. The molecule has 6 nitrogen and oxygen atoms in total. The van der Waals surface area contributed by atoms with Gasteiger partial charge in [-0.3, -0.25) is 0 Å². The molecule has 1 aromatic rings. The Balaban J connectivity index is 1.86. The van der Waals surface area contributed by atoms with Gasteiger partial charge in [0, 0.05) is 4.91 Å². The van der Waals surface area contributed by atoms with Gasteiger partial charge in [-0.1, -0.05) is 31.1 Å². The molecular formula is C17H25N3O3. The fourth-order valence-corrected chi connectivity index (χ4v) is 3.02. The molecule has 0 aromatic heterocycles. The SMILES string of the molecule is COc1ccc(COCC2OC(C)C(N=[N+]=[N-])[C@@H](C)[C@H]2C)cc1.